The van der Waals surface area contributed by atoms with Crippen molar-refractivity contribution in [3.05, 3.63) is 22.8 Å². The zero-order chi connectivity index (χ0) is 22.4. The number of carbonyl (C=O) groups is 2. The highest BCUT2D eigenvalue weighted by Crippen LogP contribution is 2.39. The maximum Gasteiger partial charge on any atom is 0.191 e. The lowest BCUT2D eigenvalue weighted by Crippen LogP contribution is -2.41. The van der Waals surface area contributed by atoms with E-state index in [1.807, 2.05) is 13.8 Å². The van der Waals surface area contributed by atoms with Gasteiger partial charge in [0.1, 0.15) is 17.3 Å². The average Bonchev–Trinajstić information content (AvgIpc) is 2.65. The number of Topliss-reactive ketones (excluding diaryl/α,β-unsaturated/α-hetero) is 1. The first-order valence-corrected chi connectivity index (χ1v) is 13.2. The van der Waals surface area contributed by atoms with E-state index in [2.05, 4.69) is 33.9 Å². The van der Waals surface area contributed by atoms with Gasteiger partial charge in [0.2, 0.25) is 0 Å². The van der Waals surface area contributed by atoms with Gasteiger partial charge < -0.3 is 13.9 Å². The van der Waals surface area contributed by atoms with Gasteiger partial charge in [-0.2, -0.15) is 0 Å². The Kier molecular flexibility index (Phi) is 9.09. The van der Waals surface area contributed by atoms with Crippen LogP contribution in [0, 0.1) is 6.92 Å². The van der Waals surface area contributed by atoms with E-state index >= 15 is 0 Å². The van der Waals surface area contributed by atoms with E-state index in [1.54, 1.807) is 13.2 Å². The highest BCUT2D eigenvalue weighted by Gasteiger charge is 2.37. The highest BCUT2D eigenvalue weighted by molar-refractivity contribution is 6.74. The summed E-state index contributed by atoms with van der Waals surface area (Å²) in [6.45, 7) is 15.4. The molecule has 5 nitrogen and oxygen atoms in total. The molecule has 1 atom stereocenters. The Morgan fingerprint density at radius 2 is 1.83 bits per heavy atom. The van der Waals surface area contributed by atoms with E-state index in [4.69, 9.17) is 13.9 Å². The first-order chi connectivity index (χ1) is 13.4. The Hall–Kier alpha value is -1.66. The second kappa shape index (κ2) is 10.4. The third kappa shape index (κ3) is 5.92. The Bertz CT molecular complexity index is 719. The summed E-state index contributed by atoms with van der Waals surface area (Å²) in [6, 6.07) is 1.81. The quantitative estimate of drug-likeness (QED) is 0.260. The first kappa shape index (κ1) is 25.4. The van der Waals surface area contributed by atoms with E-state index in [0.29, 0.717) is 48.5 Å². The number of methoxy groups -OCH3 is 2. The first-order valence-electron chi connectivity index (χ1n) is 10.3. The van der Waals surface area contributed by atoms with Crippen LogP contribution in [-0.2, 0) is 9.22 Å². The molecule has 0 heterocycles. The Balaban J connectivity index is 3.00. The molecule has 0 aliphatic rings. The van der Waals surface area contributed by atoms with Gasteiger partial charge in [-0.25, -0.2) is 0 Å². The Labute approximate surface area is 177 Å². The maximum absolute atomic E-state index is 13.0. The van der Waals surface area contributed by atoms with Gasteiger partial charge in [0, 0.05) is 24.5 Å². The van der Waals surface area contributed by atoms with E-state index in [-0.39, 0.29) is 16.7 Å². The van der Waals surface area contributed by atoms with Crippen LogP contribution in [0.5, 0.6) is 11.5 Å². The second-order valence-electron chi connectivity index (χ2n) is 9.00. The Morgan fingerprint density at radius 1 is 1.21 bits per heavy atom. The molecule has 164 valence electrons. The van der Waals surface area contributed by atoms with Gasteiger partial charge in [0.25, 0.3) is 0 Å². The summed E-state index contributed by atoms with van der Waals surface area (Å²) in [5.74, 6) is 0.839. The predicted molar refractivity (Wildman–Crippen MR) is 120 cm³/mol. The molecule has 0 amide bonds. The molecule has 1 aromatic carbocycles. The van der Waals surface area contributed by atoms with E-state index in [1.165, 1.54) is 7.11 Å². The minimum atomic E-state index is -1.81. The van der Waals surface area contributed by atoms with Gasteiger partial charge in [0.05, 0.1) is 19.8 Å². The molecular formula is C23H38O5Si. The van der Waals surface area contributed by atoms with Crippen molar-refractivity contribution in [3.8, 4) is 11.5 Å². The van der Waals surface area contributed by atoms with Crippen LogP contribution in [0.25, 0.3) is 0 Å². The zero-order valence-electron chi connectivity index (χ0n) is 19.6. The van der Waals surface area contributed by atoms with E-state index < -0.39 is 8.32 Å². The number of rotatable bonds is 11. The number of ether oxygens (including phenoxy) is 2. The molecular weight excluding hydrogens is 384 g/mol. The summed E-state index contributed by atoms with van der Waals surface area (Å²) in [4.78, 5) is 24.8. The average molecular weight is 423 g/mol. The molecule has 0 fully saturated rings. The van der Waals surface area contributed by atoms with Crippen LogP contribution in [0.3, 0.4) is 0 Å². The zero-order valence-corrected chi connectivity index (χ0v) is 20.6. The topological polar surface area (TPSA) is 61.8 Å². The molecule has 1 aromatic rings. The normalized spacial score (nSPS) is 13.1. The van der Waals surface area contributed by atoms with Gasteiger partial charge in [-0.3, -0.25) is 9.59 Å². The lowest BCUT2D eigenvalue weighted by Gasteiger charge is -2.36. The largest absolute Gasteiger partial charge is 0.496 e. The van der Waals surface area contributed by atoms with Crippen molar-refractivity contribution in [2.24, 2.45) is 0 Å². The van der Waals surface area contributed by atoms with Crippen molar-refractivity contribution in [1.29, 1.82) is 0 Å². The van der Waals surface area contributed by atoms with Gasteiger partial charge in [-0.1, -0.05) is 27.7 Å². The summed E-state index contributed by atoms with van der Waals surface area (Å²) in [5.41, 5.74) is 1.87. The van der Waals surface area contributed by atoms with Crippen molar-refractivity contribution in [3.63, 3.8) is 0 Å². The highest BCUT2D eigenvalue weighted by atomic mass is 28.4. The lowest BCUT2D eigenvalue weighted by atomic mass is 9.85. The number of carbonyl (C=O) groups excluding carboxylic acids is 2. The van der Waals surface area contributed by atoms with Crippen LogP contribution >= 0.6 is 0 Å². The van der Waals surface area contributed by atoms with Gasteiger partial charge in [0.15, 0.2) is 14.6 Å². The number of hydrogen-bond donors (Lipinski definition) is 0. The molecule has 29 heavy (non-hydrogen) atoms. The predicted octanol–water partition coefficient (Wildman–Crippen LogP) is 5.69. The van der Waals surface area contributed by atoms with Crippen molar-refractivity contribution >= 4 is 20.4 Å². The van der Waals surface area contributed by atoms with Crippen molar-refractivity contribution < 1.29 is 23.5 Å². The number of ketones is 1. The molecule has 0 saturated carbocycles. The number of benzene rings is 1. The molecule has 0 saturated heterocycles. The molecule has 0 aromatic heterocycles. The van der Waals surface area contributed by atoms with Crippen LogP contribution in [0.4, 0.5) is 0 Å². The summed E-state index contributed by atoms with van der Waals surface area (Å²) >= 11 is 0. The Morgan fingerprint density at radius 3 is 2.28 bits per heavy atom. The van der Waals surface area contributed by atoms with Gasteiger partial charge >= 0.3 is 0 Å². The maximum atomic E-state index is 13.0. The molecule has 0 bridgehead atoms. The summed E-state index contributed by atoms with van der Waals surface area (Å²) < 4.78 is 17.1. The lowest BCUT2D eigenvalue weighted by molar-refractivity contribution is -0.120. The van der Waals surface area contributed by atoms with Crippen LogP contribution < -0.4 is 9.47 Å². The van der Waals surface area contributed by atoms with Crippen molar-refractivity contribution in [1.82, 2.24) is 0 Å². The van der Waals surface area contributed by atoms with Crippen molar-refractivity contribution in [2.75, 3.05) is 20.8 Å². The summed E-state index contributed by atoms with van der Waals surface area (Å²) in [6.07, 6.45) is 2.48. The minimum absolute atomic E-state index is 0.113. The van der Waals surface area contributed by atoms with E-state index in [9.17, 15) is 9.59 Å². The number of aldehydes is 1. The fraction of sp³-hybridized carbons (Fsp3) is 0.652. The molecule has 0 radical (unpaired) electrons. The SMILES string of the molecule is CCC(C(=O)CCCO[Si](C)(C)C(C)(C)C)c1cc(OC)c(C)c(OC)c1C=O. The second-order valence-corrected chi connectivity index (χ2v) is 13.8. The molecule has 0 aliphatic heterocycles. The third-order valence-corrected chi connectivity index (χ3v) is 10.6. The smallest absolute Gasteiger partial charge is 0.191 e. The minimum Gasteiger partial charge on any atom is -0.496 e. The van der Waals surface area contributed by atoms with Crippen LogP contribution in [-0.4, -0.2) is 41.2 Å². The van der Waals surface area contributed by atoms with Crippen LogP contribution in [0.15, 0.2) is 6.07 Å². The molecule has 6 heteroatoms. The monoisotopic (exact) mass is 422 g/mol. The van der Waals surface area contributed by atoms with Gasteiger partial charge in [-0.05, 0) is 49.5 Å². The summed E-state index contributed by atoms with van der Waals surface area (Å²) in [7, 11) is 1.29. The third-order valence-electron chi connectivity index (χ3n) is 6.10. The molecule has 1 unspecified atom stereocenters. The van der Waals surface area contributed by atoms with Crippen molar-refractivity contribution in [2.45, 2.75) is 77.9 Å². The molecule has 0 N–H and O–H groups in total. The van der Waals surface area contributed by atoms with Crippen LogP contribution in [0.2, 0.25) is 18.1 Å². The molecule has 1 rings (SSSR count). The van der Waals surface area contributed by atoms with Gasteiger partial charge in [-0.15, -0.1) is 0 Å². The van der Waals surface area contributed by atoms with E-state index in [0.717, 1.165) is 11.8 Å². The molecule has 0 aliphatic carbocycles. The fourth-order valence-electron chi connectivity index (χ4n) is 3.24. The molecule has 0 spiro atoms. The fourth-order valence-corrected chi connectivity index (χ4v) is 4.33. The number of hydrogen-bond acceptors (Lipinski definition) is 5. The standard InChI is InChI=1S/C23H38O5Si/c1-10-17(20(25)12-11-13-28-29(8,9)23(3,4)5)18-14-21(26-6)16(2)22(27-7)19(18)15-24/h14-15,17H,10-13H2,1-9H3. The summed E-state index contributed by atoms with van der Waals surface area (Å²) in [5, 5.41) is 0.150. The van der Waals surface area contributed by atoms with Crippen LogP contribution in [0.1, 0.15) is 74.4 Å².